The third-order valence-corrected chi connectivity index (χ3v) is 7.94. The van der Waals surface area contributed by atoms with Gasteiger partial charge in [-0.25, -0.2) is 4.79 Å². The van der Waals surface area contributed by atoms with Crippen LogP contribution in [0.2, 0.25) is 0 Å². The van der Waals surface area contributed by atoms with Crippen molar-refractivity contribution in [3.63, 3.8) is 0 Å². The van der Waals surface area contributed by atoms with Crippen molar-refractivity contribution in [1.29, 1.82) is 0 Å². The van der Waals surface area contributed by atoms with Crippen molar-refractivity contribution in [1.82, 2.24) is 0 Å². The van der Waals surface area contributed by atoms with Gasteiger partial charge >= 0.3 is 6.03 Å². The van der Waals surface area contributed by atoms with Crippen molar-refractivity contribution in [2.24, 2.45) is 4.99 Å². The highest BCUT2D eigenvalue weighted by Gasteiger charge is 2.30. The first-order valence-corrected chi connectivity index (χ1v) is 12.3. The van der Waals surface area contributed by atoms with Gasteiger partial charge in [-0.05, 0) is 60.1 Å². The second-order valence-corrected chi connectivity index (χ2v) is 9.91. The molecule has 0 atom stereocenters. The number of nitrogens with zero attached hydrogens (tertiary/aromatic N) is 3. The van der Waals surface area contributed by atoms with Crippen molar-refractivity contribution < 1.29 is 4.79 Å². The van der Waals surface area contributed by atoms with Crippen LogP contribution in [0.25, 0.3) is 0 Å². The van der Waals surface area contributed by atoms with Crippen LogP contribution in [0.4, 0.5) is 27.5 Å². The maximum Gasteiger partial charge on any atom is 0.355 e. The zero-order chi connectivity index (χ0) is 22.4. The molecule has 0 aliphatic carbocycles. The number of rotatable bonds is 0. The van der Waals surface area contributed by atoms with Gasteiger partial charge in [0, 0.05) is 19.6 Å². The summed E-state index contributed by atoms with van der Waals surface area (Å²) in [6.45, 7) is 0. The first-order valence-electron chi connectivity index (χ1n) is 10.3. The number of urea groups is 1. The van der Waals surface area contributed by atoms with Gasteiger partial charge in [0.1, 0.15) is 0 Å². The van der Waals surface area contributed by atoms with Gasteiger partial charge in [-0.15, -0.1) is 0 Å². The molecule has 0 unspecified atom stereocenters. The average molecular weight is 486 g/mol. The van der Waals surface area contributed by atoms with E-state index in [1.807, 2.05) is 102 Å². The van der Waals surface area contributed by atoms with E-state index in [9.17, 15) is 4.79 Å². The van der Waals surface area contributed by atoms with Crippen LogP contribution in [0, 0.1) is 0 Å². The lowest BCUT2D eigenvalue weighted by Gasteiger charge is -2.32. The van der Waals surface area contributed by atoms with Gasteiger partial charge in [-0.2, -0.15) is 4.99 Å². The van der Waals surface area contributed by atoms with E-state index < -0.39 is 6.03 Å². The summed E-state index contributed by atoms with van der Waals surface area (Å²) in [5.74, 6) is 0. The fourth-order valence-electron chi connectivity index (χ4n) is 3.99. The second kappa shape index (κ2) is 8.30. The molecule has 0 N–H and O–H groups in total. The molecule has 2 aliphatic heterocycles. The minimum Gasteiger partial charge on any atom is -0.283 e. The van der Waals surface area contributed by atoms with E-state index in [1.54, 1.807) is 28.4 Å². The molecule has 33 heavy (non-hydrogen) atoms. The standard InChI is InChI=1S/C26H16ClN3OS2/c27-25(29-17-9-1-5-13-21(17)32-22-14-6-2-10-18(22)29)28-26(31)30-19-11-3-7-15-23(19)33-24-16-8-4-12-20(24)30/h1-16H/b28-25+. The number of halogens is 1. The molecule has 160 valence electrons. The highest BCUT2D eigenvalue weighted by atomic mass is 35.5. The van der Waals surface area contributed by atoms with Gasteiger partial charge in [-0.1, -0.05) is 72.1 Å². The van der Waals surface area contributed by atoms with Crippen LogP contribution in [0.1, 0.15) is 0 Å². The number of carbonyl (C=O) groups excluding carboxylic acids is 1. The zero-order valence-electron chi connectivity index (χ0n) is 17.2. The van der Waals surface area contributed by atoms with E-state index in [1.165, 1.54) is 0 Å². The molecule has 4 nitrogen and oxygen atoms in total. The Balaban J connectivity index is 1.45. The van der Waals surface area contributed by atoms with E-state index in [4.69, 9.17) is 11.6 Å². The largest absolute Gasteiger partial charge is 0.355 e. The summed E-state index contributed by atoms with van der Waals surface area (Å²) in [7, 11) is 0. The molecule has 0 spiro atoms. The maximum absolute atomic E-state index is 13.6. The number of para-hydroxylation sites is 4. The van der Waals surface area contributed by atoms with E-state index in [0.717, 1.165) is 42.3 Å². The third kappa shape index (κ3) is 3.51. The highest BCUT2D eigenvalue weighted by Crippen LogP contribution is 2.50. The van der Waals surface area contributed by atoms with Crippen molar-refractivity contribution >= 4 is 69.2 Å². The number of amides is 2. The molecular weight excluding hydrogens is 470 g/mol. The number of hydrogen-bond donors (Lipinski definition) is 0. The highest BCUT2D eigenvalue weighted by molar-refractivity contribution is 8.00. The Labute approximate surface area is 204 Å². The van der Waals surface area contributed by atoms with Crippen LogP contribution in [0.15, 0.2) is 122 Å². The lowest BCUT2D eigenvalue weighted by atomic mass is 10.2. The van der Waals surface area contributed by atoms with Crippen LogP contribution in [0.3, 0.4) is 0 Å². The fourth-order valence-corrected chi connectivity index (χ4v) is 6.36. The smallest absolute Gasteiger partial charge is 0.283 e. The van der Waals surface area contributed by atoms with Crippen molar-refractivity contribution in [2.45, 2.75) is 19.6 Å². The van der Waals surface area contributed by atoms with E-state index in [-0.39, 0.29) is 5.29 Å². The topological polar surface area (TPSA) is 35.9 Å². The Morgan fingerprint density at radius 2 is 0.909 bits per heavy atom. The molecular formula is C26H16ClN3OS2. The molecule has 2 heterocycles. The van der Waals surface area contributed by atoms with Gasteiger partial charge < -0.3 is 0 Å². The molecule has 6 rings (SSSR count). The molecule has 0 saturated heterocycles. The average Bonchev–Trinajstić information content (AvgIpc) is 2.85. The number of benzene rings is 4. The molecule has 0 saturated carbocycles. The number of amidine groups is 1. The second-order valence-electron chi connectivity index (χ2n) is 7.41. The predicted octanol–water partition coefficient (Wildman–Crippen LogP) is 8.31. The van der Waals surface area contributed by atoms with Gasteiger partial charge in [-0.3, -0.25) is 9.80 Å². The van der Waals surface area contributed by atoms with Gasteiger partial charge in [0.2, 0.25) is 5.29 Å². The maximum atomic E-state index is 13.6. The lowest BCUT2D eigenvalue weighted by molar-refractivity contribution is 0.256. The van der Waals surface area contributed by atoms with E-state index in [2.05, 4.69) is 4.99 Å². The summed E-state index contributed by atoms with van der Waals surface area (Å²) >= 11 is 10.1. The Morgan fingerprint density at radius 1 is 0.576 bits per heavy atom. The van der Waals surface area contributed by atoms with E-state index >= 15 is 0 Å². The van der Waals surface area contributed by atoms with Crippen LogP contribution in [-0.4, -0.2) is 11.3 Å². The molecule has 2 aliphatic rings. The predicted molar refractivity (Wildman–Crippen MR) is 137 cm³/mol. The number of fused-ring (bicyclic) bond motifs is 4. The van der Waals surface area contributed by atoms with Crippen LogP contribution < -0.4 is 9.80 Å². The number of carbonyl (C=O) groups is 1. The first-order chi connectivity index (χ1) is 16.2. The molecule has 7 heteroatoms. The van der Waals surface area contributed by atoms with Crippen LogP contribution in [0.5, 0.6) is 0 Å². The normalized spacial score (nSPS) is 14.2. The summed E-state index contributed by atoms with van der Waals surface area (Å²) in [5.41, 5.74) is 3.40. The lowest BCUT2D eigenvalue weighted by Crippen LogP contribution is -2.30. The monoisotopic (exact) mass is 485 g/mol. The molecule has 4 aromatic carbocycles. The quantitative estimate of drug-likeness (QED) is 0.142. The van der Waals surface area contributed by atoms with Gasteiger partial charge in [0.15, 0.2) is 0 Å². The van der Waals surface area contributed by atoms with Gasteiger partial charge in [0.05, 0.1) is 22.7 Å². The Morgan fingerprint density at radius 3 is 1.30 bits per heavy atom. The summed E-state index contributed by atoms with van der Waals surface area (Å²) in [6.07, 6.45) is 0. The number of aliphatic imine (C=N–C) groups is 1. The number of anilines is 4. The third-order valence-electron chi connectivity index (χ3n) is 5.43. The molecule has 0 radical (unpaired) electrons. The molecule has 0 fully saturated rings. The fraction of sp³-hybridized carbons (Fsp3) is 0. The van der Waals surface area contributed by atoms with Crippen molar-refractivity contribution in [3.8, 4) is 0 Å². The summed E-state index contributed by atoms with van der Waals surface area (Å²) in [5, 5.41) is 0.105. The minimum absolute atomic E-state index is 0.105. The molecule has 4 aromatic rings. The summed E-state index contributed by atoms with van der Waals surface area (Å²) in [6, 6.07) is 31.2. The van der Waals surface area contributed by atoms with Gasteiger partial charge in [0.25, 0.3) is 0 Å². The van der Waals surface area contributed by atoms with Crippen molar-refractivity contribution in [2.75, 3.05) is 9.80 Å². The SMILES string of the molecule is O=C(/N=C(\Cl)N1c2ccccc2Sc2ccccc21)N1c2ccccc2Sc2ccccc21. The summed E-state index contributed by atoms with van der Waals surface area (Å²) < 4.78 is 0. The van der Waals surface area contributed by atoms with E-state index in [0.29, 0.717) is 0 Å². The Bertz CT molecular complexity index is 1350. The minimum atomic E-state index is -0.437. The molecule has 0 bridgehead atoms. The Kier molecular flexibility index (Phi) is 5.14. The molecule has 2 amide bonds. The zero-order valence-corrected chi connectivity index (χ0v) is 19.6. The first kappa shape index (κ1) is 20.4. The number of hydrogen-bond acceptors (Lipinski definition) is 3. The van der Waals surface area contributed by atoms with Crippen LogP contribution >= 0.6 is 35.1 Å². The van der Waals surface area contributed by atoms with Crippen molar-refractivity contribution in [3.05, 3.63) is 97.1 Å². The summed E-state index contributed by atoms with van der Waals surface area (Å²) in [4.78, 5) is 25.6. The van der Waals surface area contributed by atoms with Crippen LogP contribution in [-0.2, 0) is 0 Å². The molecule has 0 aromatic heterocycles. The Hall–Kier alpha value is -3.19.